The van der Waals surface area contributed by atoms with Gasteiger partial charge in [0, 0.05) is 23.9 Å². The summed E-state index contributed by atoms with van der Waals surface area (Å²) < 4.78 is 13.7. The molecule has 9 nitrogen and oxygen atoms in total. The van der Waals surface area contributed by atoms with E-state index in [4.69, 9.17) is 25.6 Å². The van der Waals surface area contributed by atoms with E-state index in [0.29, 0.717) is 23.6 Å². The maximum Gasteiger partial charge on any atom is 0.292 e. The molecule has 5 N–H and O–H groups in total. The lowest BCUT2D eigenvalue weighted by Gasteiger charge is -2.19. The normalized spacial score (nSPS) is 17.0. The predicted octanol–water partition coefficient (Wildman–Crippen LogP) is 3.28. The van der Waals surface area contributed by atoms with Crippen molar-refractivity contribution in [3.05, 3.63) is 30.3 Å². The predicted molar refractivity (Wildman–Crippen MR) is 121 cm³/mol. The number of nitrogens with zero attached hydrogens (tertiary/aromatic N) is 3. The quantitative estimate of drug-likeness (QED) is 0.440. The lowest BCUT2D eigenvalue weighted by Crippen LogP contribution is -2.37. The average Bonchev–Trinajstić information content (AvgIpc) is 3.41. The minimum atomic E-state index is -0.380. The van der Waals surface area contributed by atoms with E-state index in [0.717, 1.165) is 66.1 Å². The van der Waals surface area contributed by atoms with Gasteiger partial charge in [-0.05, 0) is 55.9 Å². The fourth-order valence-corrected chi connectivity index (χ4v) is 4.53. The third-order valence-electron chi connectivity index (χ3n) is 6.22. The van der Waals surface area contributed by atoms with Crippen molar-refractivity contribution >= 4 is 39.7 Å². The molecule has 9 heteroatoms. The van der Waals surface area contributed by atoms with Crippen LogP contribution in [0.25, 0.3) is 33.5 Å². The number of fused-ring (bicyclic) bond motifs is 1. The van der Waals surface area contributed by atoms with Crippen LogP contribution in [0.3, 0.4) is 0 Å². The van der Waals surface area contributed by atoms with E-state index >= 15 is 0 Å². The number of aryl methyl sites for hydroxylation is 1. The first-order valence-electron chi connectivity index (χ1n) is 11.0. The van der Waals surface area contributed by atoms with Gasteiger partial charge < -0.3 is 30.5 Å². The molecule has 2 aliphatic rings. The Hall–Kier alpha value is -3.75. The molecule has 1 saturated carbocycles. The van der Waals surface area contributed by atoms with Gasteiger partial charge in [0.2, 0.25) is 5.91 Å². The Morgan fingerprint density at radius 3 is 2.84 bits per heavy atom. The number of ether oxygens (including phenoxy) is 1. The highest BCUT2D eigenvalue weighted by Crippen LogP contribution is 2.38. The van der Waals surface area contributed by atoms with E-state index in [1.165, 1.54) is 0 Å². The summed E-state index contributed by atoms with van der Waals surface area (Å²) in [5.74, 6) is 1.55. The largest absolute Gasteiger partial charge is 0.491 e. The average molecular weight is 432 g/mol. The first kappa shape index (κ1) is 19.0. The van der Waals surface area contributed by atoms with Gasteiger partial charge in [0.25, 0.3) is 6.01 Å². The standard InChI is InChI=1S/C23H24N6O3/c24-21(30)19(12-3-4-12)26-14-10-16-20-18(11-14)31-8-2-1-7-29(20)22(27-16)13-5-6-17-15(9-13)28-23(25)32-17/h5-6,9-12,19,26H,1-4,7-8H2,(H2,24,30)(H2,25,28)/t19-/m0/s1. The maximum atomic E-state index is 12.0. The molecule has 0 spiro atoms. The number of nitrogen functional groups attached to an aromatic ring is 1. The molecule has 0 unspecified atom stereocenters. The number of rotatable bonds is 5. The second-order valence-corrected chi connectivity index (χ2v) is 8.58. The highest BCUT2D eigenvalue weighted by molar-refractivity contribution is 5.92. The summed E-state index contributed by atoms with van der Waals surface area (Å²) in [6.07, 6.45) is 3.96. The molecule has 1 amide bonds. The van der Waals surface area contributed by atoms with Crippen LogP contribution in [0.15, 0.2) is 34.7 Å². The Balaban J connectivity index is 1.49. The van der Waals surface area contributed by atoms with Crippen molar-refractivity contribution in [3.63, 3.8) is 0 Å². The van der Waals surface area contributed by atoms with Crippen LogP contribution in [0, 0.1) is 5.92 Å². The molecule has 1 aliphatic heterocycles. The molecule has 1 aliphatic carbocycles. The van der Waals surface area contributed by atoms with Gasteiger partial charge in [-0.3, -0.25) is 4.79 Å². The molecular weight excluding hydrogens is 408 g/mol. The van der Waals surface area contributed by atoms with Crippen LogP contribution < -0.4 is 21.5 Å². The number of anilines is 2. The van der Waals surface area contributed by atoms with Crippen LogP contribution in [-0.2, 0) is 11.3 Å². The Morgan fingerprint density at radius 1 is 1.16 bits per heavy atom. The summed E-state index contributed by atoms with van der Waals surface area (Å²) in [4.78, 5) is 21.2. The number of primary amides is 1. The molecule has 1 fully saturated rings. The van der Waals surface area contributed by atoms with E-state index < -0.39 is 0 Å². The Bertz CT molecular complexity index is 1350. The molecule has 2 aromatic heterocycles. The fraction of sp³-hybridized carbons (Fsp3) is 0.348. The second kappa shape index (κ2) is 7.15. The number of aromatic nitrogens is 3. The van der Waals surface area contributed by atoms with Crippen LogP contribution >= 0.6 is 0 Å². The van der Waals surface area contributed by atoms with Crippen molar-refractivity contribution in [1.29, 1.82) is 0 Å². The molecular formula is C23H24N6O3. The number of hydrogen-bond donors (Lipinski definition) is 3. The SMILES string of the molecule is NC(=O)[C@@H](Nc1cc2c3c(c1)nc(-c1ccc4oc(N)nc4c1)n3CCCCO2)C1CC1. The summed E-state index contributed by atoms with van der Waals surface area (Å²) >= 11 is 0. The topological polar surface area (TPSA) is 134 Å². The summed E-state index contributed by atoms with van der Waals surface area (Å²) in [7, 11) is 0. The number of nitrogens with one attached hydrogen (secondary N) is 1. The molecule has 3 heterocycles. The molecule has 1 atom stereocenters. The second-order valence-electron chi connectivity index (χ2n) is 8.58. The minimum absolute atomic E-state index is 0.145. The number of hydrogen-bond acceptors (Lipinski definition) is 7. The summed E-state index contributed by atoms with van der Waals surface area (Å²) in [6, 6.07) is 9.45. The molecule has 0 saturated heterocycles. The molecule has 164 valence electrons. The van der Waals surface area contributed by atoms with Gasteiger partial charge in [-0.1, -0.05) is 0 Å². The van der Waals surface area contributed by atoms with E-state index in [-0.39, 0.29) is 18.0 Å². The van der Waals surface area contributed by atoms with Crippen molar-refractivity contribution < 1.29 is 13.9 Å². The van der Waals surface area contributed by atoms with Crippen LogP contribution in [0.5, 0.6) is 5.75 Å². The fourth-order valence-electron chi connectivity index (χ4n) is 4.53. The Kier molecular flexibility index (Phi) is 4.24. The zero-order valence-electron chi connectivity index (χ0n) is 17.5. The van der Waals surface area contributed by atoms with Crippen molar-refractivity contribution in [2.45, 2.75) is 38.3 Å². The first-order chi connectivity index (χ1) is 15.6. The van der Waals surface area contributed by atoms with Gasteiger partial charge in [-0.25, -0.2) is 4.98 Å². The van der Waals surface area contributed by atoms with Gasteiger partial charge in [0.15, 0.2) is 5.58 Å². The first-order valence-corrected chi connectivity index (χ1v) is 11.0. The molecule has 2 aromatic carbocycles. The molecule has 32 heavy (non-hydrogen) atoms. The van der Waals surface area contributed by atoms with Gasteiger partial charge in [0.05, 0.1) is 12.1 Å². The van der Waals surface area contributed by atoms with Gasteiger partial charge in [-0.2, -0.15) is 4.98 Å². The number of imidazole rings is 1. The Labute approximate surface area is 183 Å². The van der Waals surface area contributed by atoms with E-state index in [2.05, 4.69) is 14.9 Å². The minimum Gasteiger partial charge on any atom is -0.491 e. The highest BCUT2D eigenvalue weighted by atomic mass is 16.5. The molecule has 4 aromatic rings. The van der Waals surface area contributed by atoms with Crippen molar-refractivity contribution in [1.82, 2.24) is 14.5 Å². The highest BCUT2D eigenvalue weighted by Gasteiger charge is 2.35. The smallest absolute Gasteiger partial charge is 0.292 e. The van der Waals surface area contributed by atoms with Crippen LogP contribution in [-0.4, -0.2) is 33.1 Å². The lowest BCUT2D eigenvalue weighted by molar-refractivity contribution is -0.119. The van der Waals surface area contributed by atoms with Gasteiger partial charge in [-0.15, -0.1) is 0 Å². The number of amides is 1. The summed E-state index contributed by atoms with van der Waals surface area (Å²) in [5, 5.41) is 3.32. The molecule has 0 radical (unpaired) electrons. The third kappa shape index (κ3) is 3.21. The van der Waals surface area contributed by atoms with Crippen LogP contribution in [0.4, 0.5) is 11.7 Å². The molecule has 0 bridgehead atoms. The third-order valence-corrected chi connectivity index (χ3v) is 6.22. The van der Waals surface area contributed by atoms with Crippen molar-refractivity contribution in [2.75, 3.05) is 17.7 Å². The zero-order valence-corrected chi connectivity index (χ0v) is 17.5. The van der Waals surface area contributed by atoms with E-state index in [1.54, 1.807) is 0 Å². The zero-order chi connectivity index (χ0) is 21.8. The Morgan fingerprint density at radius 2 is 2.03 bits per heavy atom. The van der Waals surface area contributed by atoms with Crippen LogP contribution in [0.1, 0.15) is 25.7 Å². The number of carbonyl (C=O) groups is 1. The van der Waals surface area contributed by atoms with Gasteiger partial charge in [0.1, 0.15) is 28.6 Å². The summed E-state index contributed by atoms with van der Waals surface area (Å²) in [6.45, 7) is 1.48. The monoisotopic (exact) mass is 432 g/mol. The van der Waals surface area contributed by atoms with Crippen molar-refractivity contribution in [3.8, 4) is 17.1 Å². The van der Waals surface area contributed by atoms with Crippen LogP contribution in [0.2, 0.25) is 0 Å². The van der Waals surface area contributed by atoms with E-state index in [9.17, 15) is 4.79 Å². The van der Waals surface area contributed by atoms with E-state index in [1.807, 2.05) is 30.3 Å². The summed E-state index contributed by atoms with van der Waals surface area (Å²) in [5.41, 5.74) is 16.2. The van der Waals surface area contributed by atoms with Gasteiger partial charge >= 0.3 is 0 Å². The lowest BCUT2D eigenvalue weighted by atomic mass is 10.1. The number of carbonyl (C=O) groups excluding carboxylic acids is 1. The number of benzene rings is 2. The number of oxazole rings is 1. The maximum absolute atomic E-state index is 12.0. The number of nitrogens with two attached hydrogens (primary N) is 2. The van der Waals surface area contributed by atoms with Crippen molar-refractivity contribution in [2.24, 2.45) is 11.7 Å². The molecule has 6 rings (SSSR count).